The van der Waals surface area contributed by atoms with Gasteiger partial charge in [-0.25, -0.2) is 4.68 Å². The van der Waals surface area contributed by atoms with Crippen LogP contribution in [0.25, 0.3) is 0 Å². The normalized spacial score (nSPS) is 14.8. The predicted molar refractivity (Wildman–Crippen MR) is 56.2 cm³/mol. The summed E-state index contributed by atoms with van der Waals surface area (Å²) in [4.78, 5) is 22.5. The number of nitrogens with two attached hydrogens (primary N) is 1. The lowest BCUT2D eigenvalue weighted by atomic mass is 10.3. The number of rotatable bonds is 4. The summed E-state index contributed by atoms with van der Waals surface area (Å²) in [6, 6.07) is 1.25. The fourth-order valence-corrected chi connectivity index (χ4v) is 1.30. The van der Waals surface area contributed by atoms with Gasteiger partial charge in [0, 0.05) is 13.1 Å². The molecule has 1 aromatic heterocycles. The lowest BCUT2D eigenvalue weighted by molar-refractivity contribution is 0.0988. The molecule has 6 nitrogen and oxygen atoms in total. The van der Waals surface area contributed by atoms with Gasteiger partial charge in [-0.2, -0.15) is 5.10 Å². The Hall–Kier alpha value is -1.85. The smallest absolute Gasteiger partial charge is 0.273 e. The van der Waals surface area contributed by atoms with Crippen LogP contribution in [0, 0.1) is 5.92 Å². The van der Waals surface area contributed by atoms with E-state index >= 15 is 0 Å². The quantitative estimate of drug-likeness (QED) is 0.757. The largest absolute Gasteiger partial charge is 0.491 e. The Morgan fingerprint density at radius 2 is 2.38 bits per heavy atom. The second kappa shape index (κ2) is 3.96. The molecule has 6 heteroatoms. The first-order valence-corrected chi connectivity index (χ1v) is 5.09. The average Bonchev–Trinajstić information content (AvgIpc) is 3.02. The zero-order valence-corrected chi connectivity index (χ0v) is 8.97. The molecule has 2 rings (SSSR count). The monoisotopic (exact) mass is 223 g/mol. The van der Waals surface area contributed by atoms with Crippen LogP contribution in [0.1, 0.15) is 23.3 Å². The molecule has 1 fully saturated rings. The molecule has 0 unspecified atom stereocenters. The van der Waals surface area contributed by atoms with Crippen molar-refractivity contribution in [3.05, 3.63) is 22.1 Å². The van der Waals surface area contributed by atoms with Crippen molar-refractivity contribution in [1.82, 2.24) is 9.78 Å². The van der Waals surface area contributed by atoms with Gasteiger partial charge in [0.25, 0.3) is 11.5 Å². The standard InChI is InChI=1S/C10H13N3O3/c1-13-8(14)4-7(9(12-13)10(11)15)16-5-6-2-3-6/h4,6H,2-3,5H2,1H3,(H2,11,15). The minimum absolute atomic E-state index is 0.00255. The third-order valence-electron chi connectivity index (χ3n) is 2.46. The van der Waals surface area contributed by atoms with Crippen molar-refractivity contribution in [2.45, 2.75) is 12.8 Å². The highest BCUT2D eigenvalue weighted by Crippen LogP contribution is 2.29. The minimum atomic E-state index is -0.693. The van der Waals surface area contributed by atoms with Gasteiger partial charge in [-0.15, -0.1) is 0 Å². The van der Waals surface area contributed by atoms with E-state index in [0.29, 0.717) is 12.5 Å². The van der Waals surface area contributed by atoms with E-state index in [-0.39, 0.29) is 17.0 Å². The van der Waals surface area contributed by atoms with Crippen molar-refractivity contribution in [1.29, 1.82) is 0 Å². The number of primary amides is 1. The summed E-state index contributed by atoms with van der Waals surface area (Å²) in [5.41, 5.74) is 4.84. The van der Waals surface area contributed by atoms with Crippen LogP contribution in [0.4, 0.5) is 0 Å². The van der Waals surface area contributed by atoms with E-state index in [9.17, 15) is 9.59 Å². The number of carbonyl (C=O) groups is 1. The summed E-state index contributed by atoms with van der Waals surface area (Å²) in [5, 5.41) is 3.78. The molecule has 2 N–H and O–H groups in total. The summed E-state index contributed by atoms with van der Waals surface area (Å²) in [5.74, 6) is 0.0219. The fraction of sp³-hybridized carbons (Fsp3) is 0.500. The first-order valence-electron chi connectivity index (χ1n) is 5.09. The Morgan fingerprint density at radius 1 is 1.69 bits per heavy atom. The molecule has 0 aliphatic heterocycles. The van der Waals surface area contributed by atoms with Crippen molar-refractivity contribution in [3.63, 3.8) is 0 Å². The van der Waals surface area contributed by atoms with Gasteiger partial charge in [-0.1, -0.05) is 0 Å². The van der Waals surface area contributed by atoms with Crippen LogP contribution in [-0.4, -0.2) is 22.3 Å². The van der Waals surface area contributed by atoms with Crippen molar-refractivity contribution < 1.29 is 9.53 Å². The maximum atomic E-state index is 11.3. The molecular formula is C10H13N3O3. The maximum absolute atomic E-state index is 11.3. The molecule has 1 aliphatic rings. The molecule has 0 atom stereocenters. The molecule has 1 saturated carbocycles. The lowest BCUT2D eigenvalue weighted by Crippen LogP contribution is -2.25. The maximum Gasteiger partial charge on any atom is 0.273 e. The summed E-state index contributed by atoms with van der Waals surface area (Å²) < 4.78 is 6.44. The number of hydrogen-bond acceptors (Lipinski definition) is 4. The Kier molecular flexibility index (Phi) is 2.64. The molecule has 86 valence electrons. The van der Waals surface area contributed by atoms with Crippen molar-refractivity contribution in [3.8, 4) is 5.75 Å². The van der Waals surface area contributed by atoms with Crippen LogP contribution < -0.4 is 16.0 Å². The molecule has 0 radical (unpaired) electrons. The summed E-state index contributed by atoms with van der Waals surface area (Å²) in [6.07, 6.45) is 2.26. The lowest BCUT2D eigenvalue weighted by Gasteiger charge is -2.08. The van der Waals surface area contributed by atoms with E-state index < -0.39 is 5.91 Å². The number of amides is 1. The van der Waals surface area contributed by atoms with E-state index in [0.717, 1.165) is 17.5 Å². The molecule has 0 bridgehead atoms. The Morgan fingerprint density at radius 3 is 2.94 bits per heavy atom. The first-order chi connectivity index (χ1) is 7.58. The fourth-order valence-electron chi connectivity index (χ4n) is 1.30. The van der Waals surface area contributed by atoms with Crippen LogP contribution in [-0.2, 0) is 7.05 Å². The van der Waals surface area contributed by atoms with Gasteiger partial charge < -0.3 is 10.5 Å². The molecule has 1 aromatic rings. The summed E-state index contributed by atoms with van der Waals surface area (Å²) in [6.45, 7) is 0.509. The Bertz CT molecular complexity index is 477. The van der Waals surface area contributed by atoms with Gasteiger partial charge in [0.1, 0.15) is 0 Å². The van der Waals surface area contributed by atoms with Gasteiger partial charge in [0.2, 0.25) is 0 Å². The van der Waals surface area contributed by atoms with Crippen LogP contribution >= 0.6 is 0 Å². The highest BCUT2D eigenvalue weighted by molar-refractivity contribution is 5.93. The van der Waals surface area contributed by atoms with Gasteiger partial charge in [-0.05, 0) is 18.8 Å². The molecule has 0 saturated heterocycles. The van der Waals surface area contributed by atoms with Crippen LogP contribution in [0.15, 0.2) is 10.9 Å². The zero-order chi connectivity index (χ0) is 11.7. The van der Waals surface area contributed by atoms with Gasteiger partial charge in [-0.3, -0.25) is 9.59 Å². The zero-order valence-electron chi connectivity index (χ0n) is 8.97. The van der Waals surface area contributed by atoms with E-state index in [4.69, 9.17) is 10.5 Å². The summed E-state index contributed by atoms with van der Waals surface area (Å²) in [7, 11) is 1.46. The molecule has 1 amide bonds. The third kappa shape index (κ3) is 2.21. The molecule has 1 heterocycles. The molecular weight excluding hydrogens is 210 g/mol. The molecule has 0 spiro atoms. The number of aromatic nitrogens is 2. The Balaban J connectivity index is 2.28. The molecule has 1 aliphatic carbocycles. The predicted octanol–water partition coefficient (Wildman–Crippen LogP) is -0.332. The van der Waals surface area contributed by atoms with Crippen molar-refractivity contribution >= 4 is 5.91 Å². The van der Waals surface area contributed by atoms with E-state index in [1.54, 1.807) is 0 Å². The van der Waals surface area contributed by atoms with E-state index in [2.05, 4.69) is 5.10 Å². The third-order valence-corrected chi connectivity index (χ3v) is 2.46. The second-order valence-corrected chi connectivity index (χ2v) is 3.94. The van der Waals surface area contributed by atoms with Crippen LogP contribution in [0.2, 0.25) is 0 Å². The Labute approximate surface area is 92.0 Å². The molecule has 16 heavy (non-hydrogen) atoms. The second-order valence-electron chi connectivity index (χ2n) is 3.94. The number of hydrogen-bond donors (Lipinski definition) is 1. The number of carbonyl (C=O) groups excluding carboxylic acids is 1. The molecule has 0 aromatic carbocycles. The van der Waals surface area contributed by atoms with Crippen LogP contribution in [0.3, 0.4) is 0 Å². The van der Waals surface area contributed by atoms with Gasteiger partial charge in [0.05, 0.1) is 6.61 Å². The van der Waals surface area contributed by atoms with Gasteiger partial charge >= 0.3 is 0 Å². The number of aryl methyl sites for hydroxylation is 1. The average molecular weight is 223 g/mol. The number of ether oxygens (including phenoxy) is 1. The van der Waals surface area contributed by atoms with E-state index in [1.165, 1.54) is 13.1 Å². The topological polar surface area (TPSA) is 87.2 Å². The summed E-state index contributed by atoms with van der Waals surface area (Å²) >= 11 is 0. The van der Waals surface area contributed by atoms with Gasteiger partial charge in [0.15, 0.2) is 11.4 Å². The van der Waals surface area contributed by atoms with Crippen molar-refractivity contribution in [2.24, 2.45) is 18.7 Å². The van der Waals surface area contributed by atoms with E-state index in [1.807, 2.05) is 0 Å². The highest BCUT2D eigenvalue weighted by atomic mass is 16.5. The highest BCUT2D eigenvalue weighted by Gasteiger charge is 2.23. The van der Waals surface area contributed by atoms with Crippen LogP contribution in [0.5, 0.6) is 5.75 Å². The first kappa shape index (κ1) is 10.7. The minimum Gasteiger partial charge on any atom is -0.491 e. The number of nitrogens with zero attached hydrogens (tertiary/aromatic N) is 2. The SMILES string of the molecule is Cn1nc(C(N)=O)c(OCC2CC2)cc1=O. The van der Waals surface area contributed by atoms with Crippen molar-refractivity contribution in [2.75, 3.05) is 6.61 Å².